The van der Waals surface area contributed by atoms with E-state index in [9.17, 15) is 14.7 Å². The maximum Gasteiger partial charge on any atom is 0.304 e. The van der Waals surface area contributed by atoms with Crippen LogP contribution < -0.4 is 5.73 Å². The van der Waals surface area contributed by atoms with E-state index in [2.05, 4.69) is 0 Å². The van der Waals surface area contributed by atoms with Gasteiger partial charge in [0.2, 0.25) is 5.91 Å². The highest BCUT2D eigenvalue weighted by atomic mass is 35.5. The first-order valence-corrected chi connectivity index (χ1v) is 10.3. The number of rotatable bonds is 5. The minimum Gasteiger partial charge on any atom is -0.481 e. The van der Waals surface area contributed by atoms with Crippen LogP contribution in [0.4, 0.5) is 0 Å². The normalized spacial score (nSPS) is 24.8. The van der Waals surface area contributed by atoms with Crippen LogP contribution in [0.2, 0.25) is 10.0 Å². The Morgan fingerprint density at radius 3 is 2.41 bits per heavy atom. The second-order valence-electron chi connectivity index (χ2n) is 7.77. The lowest BCUT2D eigenvalue weighted by molar-refractivity contribution is -0.158. The molecule has 1 aliphatic rings. The number of aliphatic carboxylic acids is 1. The number of nitrogens with two attached hydrogens (primary N) is 1. The highest BCUT2D eigenvalue weighted by Crippen LogP contribution is 2.48. The topological polar surface area (TPSA) is 83.6 Å². The van der Waals surface area contributed by atoms with Crippen molar-refractivity contribution in [2.45, 2.75) is 44.3 Å². The van der Waals surface area contributed by atoms with Gasteiger partial charge in [-0.05, 0) is 55.7 Å². The first kappa shape index (κ1) is 21.6. The van der Waals surface area contributed by atoms with Crippen LogP contribution in [0.15, 0.2) is 48.5 Å². The van der Waals surface area contributed by atoms with Crippen LogP contribution in [0.3, 0.4) is 0 Å². The van der Waals surface area contributed by atoms with Gasteiger partial charge in [-0.3, -0.25) is 9.59 Å². The third-order valence-electron chi connectivity index (χ3n) is 5.53. The summed E-state index contributed by atoms with van der Waals surface area (Å²) in [7, 11) is 0. The number of carboxylic acid groups (broad SMARTS) is 1. The van der Waals surface area contributed by atoms with Crippen LogP contribution in [0, 0.1) is 5.92 Å². The maximum atomic E-state index is 13.3. The van der Waals surface area contributed by atoms with Gasteiger partial charge in [0, 0.05) is 27.9 Å². The minimum atomic E-state index is -1.17. The molecule has 0 aromatic heterocycles. The molecule has 7 heteroatoms. The summed E-state index contributed by atoms with van der Waals surface area (Å²) in [6.07, 6.45) is 0.0731. The number of carbonyl (C=O) groups is 2. The van der Waals surface area contributed by atoms with Gasteiger partial charge in [0.05, 0.1) is 6.42 Å². The number of amides is 1. The third-order valence-corrected chi connectivity index (χ3v) is 6.02. The van der Waals surface area contributed by atoms with E-state index in [1.165, 1.54) is 0 Å². The van der Waals surface area contributed by atoms with E-state index in [4.69, 9.17) is 28.9 Å². The van der Waals surface area contributed by atoms with Gasteiger partial charge in [-0.2, -0.15) is 0 Å². The van der Waals surface area contributed by atoms with E-state index >= 15 is 0 Å². The Morgan fingerprint density at radius 1 is 1.21 bits per heavy atom. The number of benzene rings is 2. The van der Waals surface area contributed by atoms with Crippen molar-refractivity contribution in [1.29, 1.82) is 0 Å². The van der Waals surface area contributed by atoms with E-state index in [1.54, 1.807) is 23.1 Å². The lowest BCUT2D eigenvalue weighted by atomic mass is 9.70. The Bertz CT molecular complexity index is 917. The Balaban J connectivity index is 2.21. The number of halogens is 2. The lowest BCUT2D eigenvalue weighted by Crippen LogP contribution is -2.66. The standard InChI is InChI=1S/C22H24Cl2N2O3/c1-13(2)26-21(29)15(12-20(27)28)11-19(14-4-3-5-18(24)10-14)22(26,25)16-6-8-17(23)9-7-16/h3-10,13,15,19H,11-12,25H2,1-2H3,(H,27,28)/t15-,19-,22-/m1/s1. The van der Waals surface area contributed by atoms with E-state index in [0.29, 0.717) is 16.5 Å². The van der Waals surface area contributed by atoms with Crippen molar-refractivity contribution in [1.82, 2.24) is 4.90 Å². The highest BCUT2D eigenvalue weighted by molar-refractivity contribution is 6.30. The number of carboxylic acids is 1. The SMILES string of the molecule is CC(C)N1C(=O)[C@@H](CC(=O)O)C[C@H](c2cccc(Cl)c2)[C@@]1(N)c1ccc(Cl)cc1. The predicted molar refractivity (Wildman–Crippen MR) is 114 cm³/mol. The smallest absolute Gasteiger partial charge is 0.304 e. The van der Waals surface area contributed by atoms with Crippen LogP contribution in [0.1, 0.15) is 43.7 Å². The molecule has 5 nitrogen and oxygen atoms in total. The molecule has 0 aliphatic carbocycles. The Morgan fingerprint density at radius 2 is 1.86 bits per heavy atom. The summed E-state index contributed by atoms with van der Waals surface area (Å²) in [5.41, 5.74) is 7.49. The van der Waals surface area contributed by atoms with E-state index in [-0.39, 0.29) is 24.3 Å². The van der Waals surface area contributed by atoms with Gasteiger partial charge < -0.3 is 15.7 Å². The summed E-state index contributed by atoms with van der Waals surface area (Å²) in [5.74, 6) is -2.26. The van der Waals surface area contributed by atoms with Crippen LogP contribution in [-0.2, 0) is 15.3 Å². The zero-order chi connectivity index (χ0) is 21.3. The molecule has 3 N–H and O–H groups in total. The molecule has 1 heterocycles. The summed E-state index contributed by atoms with van der Waals surface area (Å²) >= 11 is 12.3. The summed E-state index contributed by atoms with van der Waals surface area (Å²) < 4.78 is 0. The van der Waals surface area contributed by atoms with Crippen molar-refractivity contribution in [2.75, 3.05) is 0 Å². The zero-order valence-electron chi connectivity index (χ0n) is 16.3. The molecule has 0 bridgehead atoms. The van der Waals surface area contributed by atoms with Crippen molar-refractivity contribution in [2.24, 2.45) is 11.7 Å². The molecule has 0 unspecified atom stereocenters. The largest absolute Gasteiger partial charge is 0.481 e. The van der Waals surface area contributed by atoms with Crippen LogP contribution in [-0.4, -0.2) is 27.9 Å². The number of hydrogen-bond donors (Lipinski definition) is 2. The van der Waals surface area contributed by atoms with Crippen LogP contribution in [0.25, 0.3) is 0 Å². The fourth-order valence-corrected chi connectivity index (χ4v) is 4.67. The van der Waals surface area contributed by atoms with Crippen LogP contribution in [0.5, 0.6) is 0 Å². The number of likely N-dealkylation sites (tertiary alicyclic amines) is 1. The average molecular weight is 435 g/mol. The van der Waals surface area contributed by atoms with Gasteiger partial charge >= 0.3 is 5.97 Å². The van der Waals surface area contributed by atoms with E-state index < -0.39 is 17.6 Å². The fraction of sp³-hybridized carbons (Fsp3) is 0.364. The second-order valence-corrected chi connectivity index (χ2v) is 8.65. The highest BCUT2D eigenvalue weighted by Gasteiger charge is 2.53. The molecular weight excluding hydrogens is 411 g/mol. The molecule has 1 amide bonds. The Hall–Kier alpha value is -2.08. The lowest BCUT2D eigenvalue weighted by Gasteiger charge is -2.54. The first-order valence-electron chi connectivity index (χ1n) is 9.50. The van der Waals surface area contributed by atoms with Crippen molar-refractivity contribution in [3.8, 4) is 0 Å². The molecule has 3 rings (SSSR count). The van der Waals surface area contributed by atoms with Crippen molar-refractivity contribution in [3.63, 3.8) is 0 Å². The molecule has 0 saturated carbocycles. The minimum absolute atomic E-state index is 0.235. The Labute approximate surface area is 180 Å². The molecule has 0 spiro atoms. The van der Waals surface area contributed by atoms with Crippen molar-refractivity contribution >= 4 is 35.1 Å². The van der Waals surface area contributed by atoms with Gasteiger partial charge in [0.1, 0.15) is 5.66 Å². The number of piperidine rings is 1. The molecule has 3 atom stereocenters. The van der Waals surface area contributed by atoms with Gasteiger partial charge in [-0.1, -0.05) is 47.5 Å². The average Bonchev–Trinajstić information content (AvgIpc) is 2.64. The molecule has 29 heavy (non-hydrogen) atoms. The summed E-state index contributed by atoms with van der Waals surface area (Å²) in [6, 6.07) is 14.2. The van der Waals surface area contributed by atoms with E-state index in [1.807, 2.05) is 44.2 Å². The zero-order valence-corrected chi connectivity index (χ0v) is 17.8. The quantitative estimate of drug-likeness (QED) is 0.718. The number of hydrogen-bond acceptors (Lipinski definition) is 3. The number of nitrogens with zero attached hydrogens (tertiary/aromatic N) is 1. The second kappa shape index (κ2) is 8.34. The summed E-state index contributed by atoms with van der Waals surface area (Å²) in [4.78, 5) is 26.4. The third kappa shape index (κ3) is 4.13. The molecule has 2 aromatic rings. The predicted octanol–water partition coefficient (Wildman–Crippen LogP) is 4.62. The van der Waals surface area contributed by atoms with Crippen molar-refractivity contribution in [3.05, 3.63) is 69.7 Å². The Kier molecular flexibility index (Phi) is 6.22. The fourth-order valence-electron chi connectivity index (χ4n) is 4.35. The number of carbonyl (C=O) groups excluding carboxylic acids is 1. The molecule has 1 fully saturated rings. The van der Waals surface area contributed by atoms with Crippen molar-refractivity contribution < 1.29 is 14.7 Å². The molecule has 2 aromatic carbocycles. The molecular formula is C22H24Cl2N2O3. The summed E-state index contributed by atoms with van der Waals surface area (Å²) in [6.45, 7) is 3.77. The monoisotopic (exact) mass is 434 g/mol. The maximum absolute atomic E-state index is 13.3. The first-order chi connectivity index (χ1) is 13.6. The van der Waals surface area contributed by atoms with Gasteiger partial charge in [-0.15, -0.1) is 0 Å². The van der Waals surface area contributed by atoms with Gasteiger partial charge in [0.25, 0.3) is 0 Å². The van der Waals surface area contributed by atoms with E-state index in [0.717, 1.165) is 11.1 Å². The molecule has 0 radical (unpaired) electrons. The van der Waals surface area contributed by atoms with Crippen LogP contribution >= 0.6 is 23.2 Å². The van der Waals surface area contributed by atoms with Gasteiger partial charge in [-0.25, -0.2) is 0 Å². The van der Waals surface area contributed by atoms with Gasteiger partial charge in [0.15, 0.2) is 0 Å². The molecule has 1 saturated heterocycles. The molecule has 154 valence electrons. The molecule has 1 aliphatic heterocycles. The summed E-state index contributed by atoms with van der Waals surface area (Å²) in [5, 5.41) is 10.5.